The molecule has 0 atom stereocenters. The van der Waals surface area contributed by atoms with E-state index in [2.05, 4.69) is 4.72 Å². The highest BCUT2D eigenvalue weighted by Crippen LogP contribution is 2.23. The van der Waals surface area contributed by atoms with Crippen LogP contribution in [-0.4, -0.2) is 8.42 Å². The molecule has 0 saturated heterocycles. The molecule has 0 aliphatic carbocycles. The number of sulfonamides is 1. The van der Waals surface area contributed by atoms with Gasteiger partial charge in [0.25, 0.3) is 10.0 Å². The third-order valence-corrected chi connectivity index (χ3v) is 4.76. The van der Waals surface area contributed by atoms with E-state index in [-0.39, 0.29) is 17.0 Å². The van der Waals surface area contributed by atoms with Gasteiger partial charge >= 0.3 is 0 Å². The second-order valence-corrected chi connectivity index (χ2v) is 6.62. The van der Waals surface area contributed by atoms with Gasteiger partial charge in [-0.3, -0.25) is 4.72 Å². The SMILES string of the molecule is Cc1ccc(NS(=O)(=O)c2ccc(F)c(CN)c2)cc1Cl. The van der Waals surface area contributed by atoms with Crippen LogP contribution in [0.3, 0.4) is 0 Å². The number of benzene rings is 2. The van der Waals surface area contributed by atoms with Crippen molar-refractivity contribution < 1.29 is 12.8 Å². The first-order chi connectivity index (χ1) is 9.83. The number of hydrogen-bond donors (Lipinski definition) is 2. The van der Waals surface area contributed by atoms with E-state index >= 15 is 0 Å². The molecule has 0 saturated carbocycles. The smallest absolute Gasteiger partial charge is 0.261 e. The van der Waals surface area contributed by atoms with Crippen LogP contribution in [0, 0.1) is 12.7 Å². The quantitative estimate of drug-likeness (QED) is 0.906. The Morgan fingerprint density at radius 1 is 1.24 bits per heavy atom. The van der Waals surface area contributed by atoms with E-state index in [9.17, 15) is 12.8 Å². The summed E-state index contributed by atoms with van der Waals surface area (Å²) in [7, 11) is -3.82. The number of anilines is 1. The first-order valence-corrected chi connectivity index (χ1v) is 7.97. The second-order valence-electron chi connectivity index (χ2n) is 4.53. The molecular formula is C14H14ClFN2O2S. The Morgan fingerprint density at radius 3 is 2.57 bits per heavy atom. The van der Waals surface area contributed by atoms with Crippen molar-refractivity contribution in [3.63, 3.8) is 0 Å². The zero-order valence-electron chi connectivity index (χ0n) is 11.2. The molecule has 0 spiro atoms. The molecule has 0 heterocycles. The lowest BCUT2D eigenvalue weighted by Gasteiger charge is -2.10. The number of nitrogens with one attached hydrogen (secondary N) is 1. The van der Waals surface area contributed by atoms with Gasteiger partial charge in [0.2, 0.25) is 0 Å². The predicted molar refractivity (Wildman–Crippen MR) is 81.3 cm³/mol. The van der Waals surface area contributed by atoms with Gasteiger partial charge < -0.3 is 5.73 Å². The Labute approximate surface area is 127 Å². The average molecular weight is 329 g/mol. The van der Waals surface area contributed by atoms with Gasteiger partial charge in [-0.1, -0.05) is 17.7 Å². The Hall–Kier alpha value is -1.63. The van der Waals surface area contributed by atoms with Crippen molar-refractivity contribution in [1.29, 1.82) is 0 Å². The lowest BCUT2D eigenvalue weighted by atomic mass is 10.2. The molecule has 4 nitrogen and oxygen atoms in total. The van der Waals surface area contributed by atoms with Crippen LogP contribution in [0.25, 0.3) is 0 Å². The summed E-state index contributed by atoms with van der Waals surface area (Å²) in [5, 5.41) is 0.456. The molecule has 2 aromatic rings. The van der Waals surface area contributed by atoms with Crippen molar-refractivity contribution >= 4 is 27.3 Å². The van der Waals surface area contributed by atoms with Gasteiger partial charge in [0.05, 0.1) is 10.6 Å². The van der Waals surface area contributed by atoms with Crippen LogP contribution in [0.4, 0.5) is 10.1 Å². The van der Waals surface area contributed by atoms with E-state index in [0.717, 1.165) is 11.6 Å². The summed E-state index contributed by atoms with van der Waals surface area (Å²) in [5.74, 6) is -0.533. The van der Waals surface area contributed by atoms with Gasteiger partial charge in [0.15, 0.2) is 0 Å². The van der Waals surface area contributed by atoms with Gasteiger partial charge in [-0.25, -0.2) is 12.8 Å². The molecule has 0 aliphatic rings. The normalized spacial score (nSPS) is 11.4. The maximum atomic E-state index is 13.4. The topological polar surface area (TPSA) is 72.2 Å². The lowest BCUT2D eigenvalue weighted by molar-refractivity contribution is 0.596. The average Bonchev–Trinajstić information content (AvgIpc) is 2.43. The predicted octanol–water partition coefficient (Wildman–Crippen LogP) is 3.05. The van der Waals surface area contributed by atoms with Crippen LogP contribution >= 0.6 is 11.6 Å². The van der Waals surface area contributed by atoms with Crippen molar-refractivity contribution in [2.45, 2.75) is 18.4 Å². The third-order valence-electron chi connectivity index (χ3n) is 2.97. The Kier molecular flexibility index (Phi) is 4.51. The van der Waals surface area contributed by atoms with Gasteiger partial charge in [0.1, 0.15) is 5.82 Å². The van der Waals surface area contributed by atoms with E-state index in [1.165, 1.54) is 18.2 Å². The molecule has 0 bridgehead atoms. The van der Waals surface area contributed by atoms with Gasteiger partial charge in [-0.15, -0.1) is 0 Å². The molecule has 0 aromatic heterocycles. The molecule has 0 amide bonds. The third kappa shape index (κ3) is 3.53. The summed E-state index contributed by atoms with van der Waals surface area (Å²) >= 11 is 5.96. The standard InChI is InChI=1S/C14H14ClFN2O2S/c1-9-2-3-11(7-13(9)15)18-21(19,20)12-4-5-14(16)10(6-12)8-17/h2-7,18H,8,17H2,1H3. The molecule has 0 aliphatic heterocycles. The number of nitrogens with two attached hydrogens (primary N) is 1. The highest BCUT2D eigenvalue weighted by atomic mass is 35.5. The van der Waals surface area contributed by atoms with Crippen LogP contribution in [0.2, 0.25) is 5.02 Å². The number of rotatable bonds is 4. The lowest BCUT2D eigenvalue weighted by Crippen LogP contribution is -2.14. The summed E-state index contributed by atoms with van der Waals surface area (Å²) in [5.41, 5.74) is 6.69. The van der Waals surface area contributed by atoms with E-state index in [4.69, 9.17) is 17.3 Å². The number of halogens is 2. The molecule has 21 heavy (non-hydrogen) atoms. The minimum Gasteiger partial charge on any atom is -0.326 e. The Bertz CT molecular complexity index is 779. The van der Waals surface area contributed by atoms with E-state index in [1.807, 2.05) is 6.92 Å². The fraction of sp³-hybridized carbons (Fsp3) is 0.143. The molecule has 3 N–H and O–H groups in total. The summed E-state index contributed by atoms with van der Waals surface area (Å²) in [6.45, 7) is 1.74. The first kappa shape index (κ1) is 15.8. The molecule has 7 heteroatoms. The van der Waals surface area contributed by atoms with Crippen LogP contribution in [0.5, 0.6) is 0 Å². The Morgan fingerprint density at radius 2 is 1.95 bits per heavy atom. The first-order valence-electron chi connectivity index (χ1n) is 6.11. The highest BCUT2D eigenvalue weighted by Gasteiger charge is 2.16. The maximum absolute atomic E-state index is 13.4. The Balaban J connectivity index is 2.35. The van der Waals surface area contributed by atoms with E-state index in [0.29, 0.717) is 10.7 Å². The molecule has 2 aromatic carbocycles. The molecule has 112 valence electrons. The molecule has 0 radical (unpaired) electrons. The van der Waals surface area contributed by atoms with Gasteiger partial charge in [-0.05, 0) is 42.8 Å². The zero-order valence-corrected chi connectivity index (χ0v) is 12.8. The van der Waals surface area contributed by atoms with E-state index in [1.54, 1.807) is 12.1 Å². The van der Waals surface area contributed by atoms with E-state index < -0.39 is 15.8 Å². The summed E-state index contributed by atoms with van der Waals surface area (Å²) in [6, 6.07) is 8.31. The summed E-state index contributed by atoms with van der Waals surface area (Å²) in [4.78, 5) is -0.0546. The number of hydrogen-bond acceptors (Lipinski definition) is 3. The molecular weight excluding hydrogens is 315 g/mol. The van der Waals surface area contributed by atoms with Crippen molar-refractivity contribution in [2.24, 2.45) is 5.73 Å². The fourth-order valence-electron chi connectivity index (χ4n) is 1.75. The number of aryl methyl sites for hydroxylation is 1. The minimum atomic E-state index is -3.82. The van der Waals surface area contributed by atoms with Crippen LogP contribution in [0.1, 0.15) is 11.1 Å². The van der Waals surface area contributed by atoms with Crippen molar-refractivity contribution in [2.75, 3.05) is 4.72 Å². The van der Waals surface area contributed by atoms with Crippen LogP contribution in [-0.2, 0) is 16.6 Å². The second kappa shape index (κ2) is 6.01. The molecule has 0 unspecified atom stereocenters. The maximum Gasteiger partial charge on any atom is 0.261 e. The fourth-order valence-corrected chi connectivity index (χ4v) is 3.03. The zero-order chi connectivity index (χ0) is 15.6. The largest absolute Gasteiger partial charge is 0.326 e. The van der Waals surface area contributed by atoms with Crippen LogP contribution in [0.15, 0.2) is 41.3 Å². The van der Waals surface area contributed by atoms with Crippen molar-refractivity contribution in [3.05, 3.63) is 58.4 Å². The van der Waals surface area contributed by atoms with Crippen molar-refractivity contribution in [3.8, 4) is 0 Å². The van der Waals surface area contributed by atoms with Crippen LogP contribution < -0.4 is 10.5 Å². The summed E-state index contributed by atoms with van der Waals surface area (Å²) < 4.78 is 40.3. The van der Waals surface area contributed by atoms with Gasteiger partial charge in [0, 0.05) is 17.1 Å². The van der Waals surface area contributed by atoms with Crippen molar-refractivity contribution in [1.82, 2.24) is 0 Å². The van der Waals surface area contributed by atoms with Gasteiger partial charge in [-0.2, -0.15) is 0 Å². The minimum absolute atomic E-state index is 0.0546. The monoisotopic (exact) mass is 328 g/mol. The molecule has 0 fully saturated rings. The highest BCUT2D eigenvalue weighted by molar-refractivity contribution is 7.92. The molecule has 2 rings (SSSR count). The summed E-state index contributed by atoms with van der Waals surface area (Å²) in [6.07, 6.45) is 0.